The Kier molecular flexibility index (Phi) is 4.89. The van der Waals surface area contributed by atoms with E-state index in [0.717, 1.165) is 0 Å². The van der Waals surface area contributed by atoms with E-state index in [1.807, 2.05) is 0 Å². The molecule has 1 fully saturated rings. The molecule has 1 aliphatic rings. The normalized spacial score (nSPS) is 18.6. The molecule has 0 saturated carbocycles. The first-order chi connectivity index (χ1) is 11.9. The topological polar surface area (TPSA) is 105 Å². The van der Waals surface area contributed by atoms with Crippen LogP contribution in [0, 0.1) is 0 Å². The highest BCUT2D eigenvalue weighted by molar-refractivity contribution is 7.91. The van der Waals surface area contributed by atoms with Crippen molar-refractivity contribution >= 4 is 21.7 Å². The lowest BCUT2D eigenvalue weighted by atomic mass is 10.1. The lowest BCUT2D eigenvalue weighted by Gasteiger charge is -2.11. The van der Waals surface area contributed by atoms with Gasteiger partial charge in [0.25, 0.3) is 11.8 Å². The lowest BCUT2D eigenvalue weighted by Crippen LogP contribution is -2.35. The van der Waals surface area contributed by atoms with Crippen molar-refractivity contribution in [1.82, 2.24) is 10.6 Å². The van der Waals surface area contributed by atoms with Gasteiger partial charge in [0.15, 0.2) is 9.84 Å². The third kappa shape index (κ3) is 4.48. The Labute approximate surface area is 145 Å². The number of sulfone groups is 1. The minimum Gasteiger partial charge on any atom is -0.467 e. The lowest BCUT2D eigenvalue weighted by molar-refractivity contribution is 0.0932. The van der Waals surface area contributed by atoms with E-state index < -0.39 is 9.84 Å². The molecule has 1 aromatic carbocycles. The monoisotopic (exact) mass is 362 g/mol. The molecule has 1 atom stereocenters. The van der Waals surface area contributed by atoms with Gasteiger partial charge in [0, 0.05) is 17.2 Å². The van der Waals surface area contributed by atoms with E-state index in [0.29, 0.717) is 23.3 Å². The molecule has 1 aromatic heterocycles. The number of hydrogen-bond donors (Lipinski definition) is 2. The molecule has 0 radical (unpaired) electrons. The van der Waals surface area contributed by atoms with Gasteiger partial charge in [-0.15, -0.1) is 0 Å². The summed E-state index contributed by atoms with van der Waals surface area (Å²) in [5.74, 6) is 0.115. The summed E-state index contributed by atoms with van der Waals surface area (Å²) in [5, 5.41) is 5.43. The number of carbonyl (C=O) groups excluding carboxylic acids is 2. The van der Waals surface area contributed by atoms with E-state index in [4.69, 9.17) is 4.42 Å². The van der Waals surface area contributed by atoms with Crippen molar-refractivity contribution in [2.24, 2.45) is 0 Å². The summed E-state index contributed by atoms with van der Waals surface area (Å²) in [6.07, 6.45) is 1.96. The largest absolute Gasteiger partial charge is 0.467 e. The summed E-state index contributed by atoms with van der Waals surface area (Å²) >= 11 is 0. The molecule has 8 heteroatoms. The zero-order valence-electron chi connectivity index (χ0n) is 13.4. The maximum absolute atomic E-state index is 12.2. The summed E-state index contributed by atoms with van der Waals surface area (Å²) in [7, 11) is -3.04. The van der Waals surface area contributed by atoms with Crippen molar-refractivity contribution in [3.8, 4) is 0 Å². The zero-order valence-corrected chi connectivity index (χ0v) is 14.2. The average Bonchev–Trinajstić information content (AvgIpc) is 3.22. The number of rotatable bonds is 5. The van der Waals surface area contributed by atoms with E-state index in [2.05, 4.69) is 10.6 Å². The SMILES string of the molecule is O=C(NCc1ccco1)c1ccc(C(=O)NC2CCS(=O)(=O)C2)cc1. The molecule has 1 aliphatic heterocycles. The standard InChI is InChI=1S/C17H18N2O5S/c20-16(18-10-15-2-1-8-24-15)12-3-5-13(6-4-12)17(21)19-14-7-9-25(22,23)11-14/h1-6,8,14H,7,9-11H2,(H,18,20)(H,19,21). The van der Waals surface area contributed by atoms with Gasteiger partial charge in [0.05, 0.1) is 24.3 Å². The summed E-state index contributed by atoms with van der Waals surface area (Å²) in [6, 6.07) is 9.34. The second-order valence-electron chi connectivity index (χ2n) is 5.91. The Morgan fingerprint density at radius 1 is 1.08 bits per heavy atom. The van der Waals surface area contributed by atoms with Gasteiger partial charge in [-0.25, -0.2) is 8.42 Å². The molecule has 132 valence electrons. The van der Waals surface area contributed by atoms with Gasteiger partial charge < -0.3 is 15.1 Å². The summed E-state index contributed by atoms with van der Waals surface area (Å²) in [4.78, 5) is 24.2. The van der Waals surface area contributed by atoms with Gasteiger partial charge in [-0.1, -0.05) is 0 Å². The number of carbonyl (C=O) groups is 2. The molecule has 7 nitrogen and oxygen atoms in total. The number of furan rings is 1. The molecule has 1 saturated heterocycles. The van der Waals surface area contributed by atoms with Crippen LogP contribution in [0.15, 0.2) is 47.1 Å². The van der Waals surface area contributed by atoms with Gasteiger partial charge in [0.2, 0.25) is 0 Å². The number of benzene rings is 1. The van der Waals surface area contributed by atoms with Crippen LogP contribution in [-0.2, 0) is 16.4 Å². The summed E-state index contributed by atoms with van der Waals surface area (Å²) in [5.41, 5.74) is 0.804. The van der Waals surface area contributed by atoms with E-state index in [1.165, 1.54) is 6.26 Å². The van der Waals surface area contributed by atoms with E-state index in [9.17, 15) is 18.0 Å². The first-order valence-corrected chi connectivity index (χ1v) is 9.67. The second-order valence-corrected chi connectivity index (χ2v) is 8.14. The molecule has 0 spiro atoms. The summed E-state index contributed by atoms with van der Waals surface area (Å²) in [6.45, 7) is 0.282. The predicted molar refractivity (Wildman–Crippen MR) is 90.8 cm³/mol. The smallest absolute Gasteiger partial charge is 0.251 e. The fourth-order valence-electron chi connectivity index (χ4n) is 2.63. The highest BCUT2D eigenvalue weighted by Gasteiger charge is 2.29. The molecule has 2 aromatic rings. The van der Waals surface area contributed by atoms with Crippen molar-refractivity contribution in [2.45, 2.75) is 19.0 Å². The van der Waals surface area contributed by atoms with E-state index in [1.54, 1.807) is 36.4 Å². The van der Waals surface area contributed by atoms with Crippen molar-refractivity contribution in [3.05, 3.63) is 59.5 Å². The van der Waals surface area contributed by atoms with Gasteiger partial charge in [-0.3, -0.25) is 9.59 Å². The Bertz CT molecular complexity index is 857. The minimum absolute atomic E-state index is 0.0218. The van der Waals surface area contributed by atoms with Crippen LogP contribution in [0.2, 0.25) is 0 Å². The highest BCUT2D eigenvalue weighted by Crippen LogP contribution is 2.13. The molecular formula is C17H18N2O5S. The second kappa shape index (κ2) is 7.10. The molecule has 0 aliphatic carbocycles. The average molecular weight is 362 g/mol. The molecule has 2 N–H and O–H groups in total. The Balaban J connectivity index is 1.56. The van der Waals surface area contributed by atoms with Crippen molar-refractivity contribution in [3.63, 3.8) is 0 Å². The van der Waals surface area contributed by atoms with Crippen LogP contribution in [0.1, 0.15) is 32.9 Å². The molecule has 2 amide bonds. The molecular weight excluding hydrogens is 344 g/mol. The molecule has 2 heterocycles. The van der Waals surface area contributed by atoms with Crippen molar-refractivity contribution in [1.29, 1.82) is 0 Å². The Hall–Kier alpha value is -2.61. The third-order valence-corrected chi connectivity index (χ3v) is 5.75. The zero-order chi connectivity index (χ0) is 17.9. The van der Waals surface area contributed by atoms with Crippen LogP contribution in [0.25, 0.3) is 0 Å². The van der Waals surface area contributed by atoms with E-state index in [-0.39, 0.29) is 35.9 Å². The van der Waals surface area contributed by atoms with Crippen molar-refractivity contribution in [2.75, 3.05) is 11.5 Å². The fourth-order valence-corrected chi connectivity index (χ4v) is 4.31. The molecule has 3 rings (SSSR count). The number of hydrogen-bond acceptors (Lipinski definition) is 5. The molecule has 0 bridgehead atoms. The molecule has 25 heavy (non-hydrogen) atoms. The van der Waals surface area contributed by atoms with Crippen LogP contribution < -0.4 is 10.6 Å². The van der Waals surface area contributed by atoms with Crippen LogP contribution in [0.4, 0.5) is 0 Å². The van der Waals surface area contributed by atoms with Gasteiger partial charge >= 0.3 is 0 Å². The number of nitrogens with one attached hydrogen (secondary N) is 2. The van der Waals surface area contributed by atoms with Gasteiger partial charge in [-0.05, 0) is 42.8 Å². The number of amides is 2. The summed E-state index contributed by atoms with van der Waals surface area (Å²) < 4.78 is 28.0. The maximum atomic E-state index is 12.2. The molecule has 1 unspecified atom stereocenters. The Morgan fingerprint density at radius 2 is 1.76 bits per heavy atom. The Morgan fingerprint density at radius 3 is 2.32 bits per heavy atom. The minimum atomic E-state index is -3.04. The van der Waals surface area contributed by atoms with Gasteiger partial charge in [-0.2, -0.15) is 0 Å². The predicted octanol–water partition coefficient (Wildman–Crippen LogP) is 1.13. The van der Waals surface area contributed by atoms with Crippen LogP contribution in [0.3, 0.4) is 0 Å². The third-order valence-electron chi connectivity index (χ3n) is 3.98. The van der Waals surface area contributed by atoms with Crippen molar-refractivity contribution < 1.29 is 22.4 Å². The van der Waals surface area contributed by atoms with Gasteiger partial charge in [0.1, 0.15) is 5.76 Å². The van der Waals surface area contributed by atoms with Crippen LogP contribution in [-0.4, -0.2) is 37.8 Å². The fraction of sp³-hybridized carbons (Fsp3) is 0.294. The van der Waals surface area contributed by atoms with Crippen LogP contribution >= 0.6 is 0 Å². The van der Waals surface area contributed by atoms with E-state index >= 15 is 0 Å². The van der Waals surface area contributed by atoms with Crippen LogP contribution in [0.5, 0.6) is 0 Å². The highest BCUT2D eigenvalue weighted by atomic mass is 32.2. The first-order valence-electron chi connectivity index (χ1n) is 7.85. The maximum Gasteiger partial charge on any atom is 0.251 e. The first kappa shape index (κ1) is 17.2. The quantitative estimate of drug-likeness (QED) is 0.829.